The number of hydrogen-bond donors (Lipinski definition) is 0. The van der Waals surface area contributed by atoms with Gasteiger partial charge in [-0.05, 0) is 52.4 Å². The maximum absolute atomic E-state index is 13.7. The third kappa shape index (κ3) is 2.87. The molecule has 21 heavy (non-hydrogen) atoms. The molecule has 0 N–H and O–H groups in total. The van der Waals surface area contributed by atoms with Gasteiger partial charge in [-0.2, -0.15) is 0 Å². The van der Waals surface area contributed by atoms with Crippen molar-refractivity contribution in [2.45, 2.75) is 0 Å². The molecule has 0 atom stereocenters. The predicted molar refractivity (Wildman–Crippen MR) is 86.2 cm³/mol. The number of halogens is 2. The molecule has 1 heterocycles. The van der Waals surface area contributed by atoms with Crippen LogP contribution in [0.3, 0.4) is 0 Å². The molecule has 1 aliphatic heterocycles. The highest BCUT2D eigenvalue weighted by molar-refractivity contribution is 14.1. The van der Waals surface area contributed by atoms with Crippen LogP contribution in [0, 0.1) is 9.39 Å². The molecule has 0 aromatic heterocycles. The lowest BCUT2D eigenvalue weighted by molar-refractivity contribution is -0.129. The molecule has 0 unspecified atom stereocenters. The van der Waals surface area contributed by atoms with E-state index in [9.17, 15) is 9.18 Å². The lowest BCUT2D eigenvalue weighted by atomic mass is 10.2. The number of carbonyl (C=O) groups excluding carboxylic acids is 1. The Morgan fingerprint density at radius 3 is 2.57 bits per heavy atom. The van der Waals surface area contributed by atoms with Gasteiger partial charge >= 0.3 is 5.97 Å². The zero-order valence-corrected chi connectivity index (χ0v) is 12.9. The molecule has 3 rings (SSSR count). The van der Waals surface area contributed by atoms with Crippen LogP contribution in [0.25, 0.3) is 6.08 Å². The summed E-state index contributed by atoms with van der Waals surface area (Å²) in [7, 11) is 0. The fourth-order valence-electron chi connectivity index (χ4n) is 1.90. The van der Waals surface area contributed by atoms with E-state index in [1.807, 2.05) is 24.3 Å². The van der Waals surface area contributed by atoms with Crippen molar-refractivity contribution in [2.75, 3.05) is 0 Å². The first-order valence-corrected chi connectivity index (χ1v) is 7.25. The number of ether oxygens (including phenoxy) is 1. The molecule has 0 saturated carbocycles. The quantitative estimate of drug-likeness (QED) is 0.443. The number of hydrogen-bond acceptors (Lipinski definition) is 3. The van der Waals surface area contributed by atoms with Gasteiger partial charge in [0.15, 0.2) is 5.70 Å². The maximum atomic E-state index is 13.7. The van der Waals surface area contributed by atoms with Gasteiger partial charge in [0.25, 0.3) is 0 Å². The average molecular weight is 393 g/mol. The van der Waals surface area contributed by atoms with E-state index in [1.54, 1.807) is 18.2 Å². The molecule has 0 saturated heterocycles. The Hall–Kier alpha value is -2.02. The Morgan fingerprint density at radius 1 is 1.10 bits per heavy atom. The van der Waals surface area contributed by atoms with Crippen LogP contribution >= 0.6 is 22.6 Å². The molecule has 2 aromatic carbocycles. The number of nitrogens with zero attached hydrogens (tertiary/aromatic N) is 1. The average Bonchev–Trinajstić information content (AvgIpc) is 2.83. The van der Waals surface area contributed by atoms with Crippen molar-refractivity contribution in [3.8, 4) is 0 Å². The van der Waals surface area contributed by atoms with E-state index in [0.717, 1.165) is 9.13 Å². The van der Waals surface area contributed by atoms with E-state index in [4.69, 9.17) is 4.74 Å². The second-order valence-corrected chi connectivity index (χ2v) is 5.50. The third-order valence-corrected chi connectivity index (χ3v) is 3.90. The summed E-state index contributed by atoms with van der Waals surface area (Å²) in [6.07, 6.45) is 1.64. The highest BCUT2D eigenvalue weighted by Crippen LogP contribution is 2.22. The summed E-state index contributed by atoms with van der Waals surface area (Å²) >= 11 is 2.17. The second-order valence-electron chi connectivity index (χ2n) is 4.34. The Balaban J connectivity index is 2.00. The zero-order chi connectivity index (χ0) is 14.8. The molecule has 0 amide bonds. The number of rotatable bonds is 2. The van der Waals surface area contributed by atoms with Gasteiger partial charge in [-0.3, -0.25) is 0 Å². The van der Waals surface area contributed by atoms with Gasteiger partial charge in [0.1, 0.15) is 5.82 Å². The van der Waals surface area contributed by atoms with Crippen LogP contribution in [-0.4, -0.2) is 11.9 Å². The Bertz CT molecular complexity index is 783. The zero-order valence-electron chi connectivity index (χ0n) is 10.7. The minimum Gasteiger partial charge on any atom is -0.402 e. The van der Waals surface area contributed by atoms with Crippen LogP contribution < -0.4 is 0 Å². The highest BCUT2D eigenvalue weighted by Gasteiger charge is 2.25. The van der Waals surface area contributed by atoms with Crippen LogP contribution in [0.4, 0.5) is 4.39 Å². The summed E-state index contributed by atoms with van der Waals surface area (Å²) in [6, 6.07) is 13.6. The van der Waals surface area contributed by atoms with E-state index >= 15 is 0 Å². The molecule has 0 bridgehead atoms. The first-order valence-electron chi connectivity index (χ1n) is 6.17. The molecular weight excluding hydrogens is 384 g/mol. The van der Waals surface area contributed by atoms with Gasteiger partial charge in [0.05, 0.1) is 5.56 Å². The predicted octanol–water partition coefficient (Wildman–Crippen LogP) is 3.77. The molecular formula is C16H9FINO2. The first-order chi connectivity index (χ1) is 10.1. The largest absolute Gasteiger partial charge is 0.402 e. The molecule has 0 spiro atoms. The van der Waals surface area contributed by atoms with Gasteiger partial charge in [0.2, 0.25) is 5.90 Å². The fourth-order valence-corrected chi connectivity index (χ4v) is 2.44. The smallest absolute Gasteiger partial charge is 0.363 e. The minimum atomic E-state index is -0.576. The highest BCUT2D eigenvalue weighted by atomic mass is 127. The third-order valence-electron chi connectivity index (χ3n) is 2.92. The number of carbonyl (C=O) groups is 1. The van der Waals surface area contributed by atoms with Crippen molar-refractivity contribution in [2.24, 2.45) is 4.99 Å². The Labute approximate surface area is 134 Å². The van der Waals surface area contributed by atoms with Crippen LogP contribution in [0.1, 0.15) is 11.1 Å². The second kappa shape index (κ2) is 5.77. The topological polar surface area (TPSA) is 38.7 Å². The standard InChI is InChI=1S/C16H9FINO2/c17-12-7-3-2-6-11(12)15-19-14(16(20)21-15)9-10-5-1-4-8-13(10)18/h1-9H/b14-9-. The number of esters is 1. The van der Waals surface area contributed by atoms with Crippen LogP contribution in [0.2, 0.25) is 0 Å². The van der Waals surface area contributed by atoms with Crippen LogP contribution in [0.15, 0.2) is 59.2 Å². The summed E-state index contributed by atoms with van der Waals surface area (Å²) in [4.78, 5) is 16.0. The van der Waals surface area contributed by atoms with E-state index in [-0.39, 0.29) is 17.2 Å². The molecule has 0 aliphatic carbocycles. The molecule has 1 aliphatic rings. The van der Waals surface area contributed by atoms with Gasteiger partial charge in [0, 0.05) is 3.57 Å². The molecule has 2 aromatic rings. The summed E-state index contributed by atoms with van der Waals surface area (Å²) in [5.74, 6) is -1.05. The molecule has 0 fully saturated rings. The van der Waals surface area contributed by atoms with E-state index in [0.29, 0.717) is 0 Å². The van der Waals surface area contributed by atoms with Crippen molar-refractivity contribution in [3.63, 3.8) is 0 Å². The van der Waals surface area contributed by atoms with Crippen LogP contribution in [-0.2, 0) is 9.53 Å². The number of aliphatic imine (C=N–C) groups is 1. The molecule has 3 nitrogen and oxygen atoms in total. The van der Waals surface area contributed by atoms with Gasteiger partial charge in [-0.25, -0.2) is 14.2 Å². The van der Waals surface area contributed by atoms with Crippen molar-refractivity contribution >= 4 is 40.5 Å². The monoisotopic (exact) mass is 393 g/mol. The summed E-state index contributed by atoms with van der Waals surface area (Å²) in [6.45, 7) is 0. The first kappa shape index (κ1) is 13.9. The van der Waals surface area contributed by atoms with E-state index < -0.39 is 11.8 Å². The van der Waals surface area contributed by atoms with E-state index in [1.165, 1.54) is 12.1 Å². The number of benzene rings is 2. The molecule has 0 radical (unpaired) electrons. The Kier molecular flexibility index (Phi) is 3.83. The SMILES string of the molecule is O=C1OC(c2ccccc2F)=N/C1=C\c1ccccc1I. The Morgan fingerprint density at radius 2 is 1.81 bits per heavy atom. The number of cyclic esters (lactones) is 1. The van der Waals surface area contributed by atoms with Crippen molar-refractivity contribution in [3.05, 3.63) is 74.7 Å². The maximum Gasteiger partial charge on any atom is 0.363 e. The van der Waals surface area contributed by atoms with Gasteiger partial charge < -0.3 is 4.74 Å². The normalized spacial score (nSPS) is 16.0. The van der Waals surface area contributed by atoms with Crippen molar-refractivity contribution in [1.82, 2.24) is 0 Å². The molecule has 104 valence electrons. The summed E-state index contributed by atoms with van der Waals surface area (Å²) in [5.41, 5.74) is 1.21. The summed E-state index contributed by atoms with van der Waals surface area (Å²) in [5, 5.41) is 0. The fraction of sp³-hybridized carbons (Fsp3) is 0. The summed E-state index contributed by atoms with van der Waals surface area (Å²) < 4.78 is 19.7. The lowest BCUT2D eigenvalue weighted by Gasteiger charge is -1.99. The van der Waals surface area contributed by atoms with Crippen molar-refractivity contribution in [1.29, 1.82) is 0 Å². The van der Waals surface area contributed by atoms with Gasteiger partial charge in [-0.1, -0.05) is 30.3 Å². The van der Waals surface area contributed by atoms with Crippen LogP contribution in [0.5, 0.6) is 0 Å². The lowest BCUT2D eigenvalue weighted by Crippen LogP contribution is -2.07. The van der Waals surface area contributed by atoms with Gasteiger partial charge in [-0.15, -0.1) is 0 Å². The van der Waals surface area contributed by atoms with Crippen molar-refractivity contribution < 1.29 is 13.9 Å². The molecule has 5 heteroatoms. The minimum absolute atomic E-state index is 0.00436. The van der Waals surface area contributed by atoms with E-state index in [2.05, 4.69) is 27.6 Å².